The van der Waals surface area contributed by atoms with Gasteiger partial charge < -0.3 is 14.6 Å². The van der Waals surface area contributed by atoms with Crippen molar-refractivity contribution in [3.8, 4) is 5.75 Å². The number of ether oxygens (including phenoxy) is 2. The lowest BCUT2D eigenvalue weighted by Crippen LogP contribution is -2.31. The summed E-state index contributed by atoms with van der Waals surface area (Å²) >= 11 is 6.37. The predicted octanol–water partition coefficient (Wildman–Crippen LogP) is 4.88. The zero-order valence-electron chi connectivity index (χ0n) is 14.8. The molecule has 1 N–H and O–H groups in total. The van der Waals surface area contributed by atoms with Crippen molar-refractivity contribution in [2.75, 3.05) is 13.2 Å². The first-order valence-electron chi connectivity index (χ1n) is 8.99. The van der Waals surface area contributed by atoms with Gasteiger partial charge in [0.05, 0.1) is 25.4 Å². The molecule has 0 radical (unpaired) electrons. The summed E-state index contributed by atoms with van der Waals surface area (Å²) in [6.45, 7) is 2.43. The largest absolute Gasteiger partial charge is 0.494 e. The lowest BCUT2D eigenvalue weighted by molar-refractivity contribution is -0.0974. The van der Waals surface area contributed by atoms with Crippen molar-refractivity contribution in [3.05, 3.63) is 64.2 Å². The fraction of sp³-hybridized carbons (Fsp3) is 0.429. The fourth-order valence-electron chi connectivity index (χ4n) is 3.31. The van der Waals surface area contributed by atoms with Crippen LogP contribution in [0.1, 0.15) is 42.6 Å². The van der Waals surface area contributed by atoms with E-state index >= 15 is 0 Å². The molecule has 3 rings (SSSR count). The standard InChI is InChI=1S/C21H24ClFO3/c1-2-25-18-6-3-14(4-7-18)9-16-10-15(5-8-20(16)22)21-12-17(23)11-19(13-24)26-21/h3-8,10,17,19,21,24H,2,9,11-13H2,1H3/t17-,19-,21+/m0/s1. The number of hydrogen-bond acceptors (Lipinski definition) is 3. The number of halogens is 2. The lowest BCUT2D eigenvalue weighted by Gasteiger charge is -2.31. The van der Waals surface area contributed by atoms with Crippen LogP contribution in [0.15, 0.2) is 42.5 Å². The van der Waals surface area contributed by atoms with E-state index in [9.17, 15) is 9.50 Å². The Morgan fingerprint density at radius 3 is 2.65 bits per heavy atom. The Kier molecular flexibility index (Phi) is 6.52. The van der Waals surface area contributed by atoms with Gasteiger partial charge in [-0.1, -0.05) is 35.9 Å². The van der Waals surface area contributed by atoms with E-state index in [1.54, 1.807) is 0 Å². The Balaban J connectivity index is 1.77. The molecule has 3 atom stereocenters. The van der Waals surface area contributed by atoms with Gasteiger partial charge >= 0.3 is 0 Å². The molecule has 0 bridgehead atoms. The molecule has 26 heavy (non-hydrogen) atoms. The number of benzene rings is 2. The minimum absolute atomic E-state index is 0.163. The third-order valence-electron chi connectivity index (χ3n) is 4.62. The van der Waals surface area contributed by atoms with Gasteiger partial charge in [-0.3, -0.25) is 0 Å². The second-order valence-corrected chi connectivity index (χ2v) is 7.01. The van der Waals surface area contributed by atoms with Crippen LogP contribution in [0.25, 0.3) is 0 Å². The van der Waals surface area contributed by atoms with Crippen molar-refractivity contribution in [2.24, 2.45) is 0 Å². The molecule has 0 aromatic heterocycles. The number of hydrogen-bond donors (Lipinski definition) is 1. The van der Waals surface area contributed by atoms with E-state index < -0.39 is 12.3 Å². The molecule has 0 aliphatic carbocycles. The molecule has 3 nitrogen and oxygen atoms in total. The SMILES string of the molecule is CCOc1ccc(Cc2cc([C@H]3C[C@@H](F)C[C@@H](CO)O3)ccc2Cl)cc1. The molecule has 1 aliphatic heterocycles. The maximum absolute atomic E-state index is 14.0. The van der Waals surface area contributed by atoms with Gasteiger partial charge in [-0.05, 0) is 48.2 Å². The van der Waals surface area contributed by atoms with E-state index in [0.29, 0.717) is 24.5 Å². The first-order valence-corrected chi connectivity index (χ1v) is 9.37. The number of aliphatic hydroxyl groups excluding tert-OH is 1. The van der Waals surface area contributed by atoms with Crippen LogP contribution in [-0.2, 0) is 11.2 Å². The highest BCUT2D eigenvalue weighted by Crippen LogP contribution is 2.34. The quantitative estimate of drug-likeness (QED) is 0.778. The van der Waals surface area contributed by atoms with Gasteiger partial charge in [0.25, 0.3) is 0 Å². The molecular weight excluding hydrogens is 355 g/mol. The van der Waals surface area contributed by atoms with Gasteiger partial charge in [0, 0.05) is 17.9 Å². The highest BCUT2D eigenvalue weighted by atomic mass is 35.5. The van der Waals surface area contributed by atoms with Crippen LogP contribution in [0, 0.1) is 0 Å². The summed E-state index contributed by atoms with van der Waals surface area (Å²) in [6.07, 6.45) is -0.536. The first-order chi connectivity index (χ1) is 12.6. The number of alkyl halides is 1. The molecule has 0 unspecified atom stereocenters. The van der Waals surface area contributed by atoms with Crippen LogP contribution >= 0.6 is 11.6 Å². The average Bonchev–Trinajstić information content (AvgIpc) is 2.64. The highest BCUT2D eigenvalue weighted by Gasteiger charge is 2.30. The van der Waals surface area contributed by atoms with E-state index in [4.69, 9.17) is 21.1 Å². The molecule has 1 heterocycles. The molecule has 5 heteroatoms. The van der Waals surface area contributed by atoms with Crippen molar-refractivity contribution < 1.29 is 19.0 Å². The first kappa shape index (κ1) is 19.2. The summed E-state index contributed by atoms with van der Waals surface area (Å²) < 4.78 is 25.3. The van der Waals surface area contributed by atoms with Crippen molar-refractivity contribution in [2.45, 2.75) is 44.6 Å². The molecule has 0 spiro atoms. The van der Waals surface area contributed by atoms with Crippen molar-refractivity contribution in [1.82, 2.24) is 0 Å². The van der Waals surface area contributed by atoms with Crippen molar-refractivity contribution in [1.29, 1.82) is 0 Å². The fourth-order valence-corrected chi connectivity index (χ4v) is 3.49. The summed E-state index contributed by atoms with van der Waals surface area (Å²) in [6, 6.07) is 13.6. The molecule has 1 fully saturated rings. The molecule has 0 amide bonds. The van der Waals surface area contributed by atoms with Gasteiger partial charge in [0.1, 0.15) is 11.9 Å². The normalized spacial score (nSPS) is 23.0. The monoisotopic (exact) mass is 378 g/mol. The maximum Gasteiger partial charge on any atom is 0.119 e. The predicted molar refractivity (Wildman–Crippen MR) is 101 cm³/mol. The Bertz CT molecular complexity index is 720. The summed E-state index contributed by atoms with van der Waals surface area (Å²) in [4.78, 5) is 0. The van der Waals surface area contributed by atoms with E-state index in [2.05, 4.69) is 0 Å². The summed E-state index contributed by atoms with van der Waals surface area (Å²) in [5, 5.41) is 9.98. The minimum Gasteiger partial charge on any atom is -0.494 e. The summed E-state index contributed by atoms with van der Waals surface area (Å²) in [5.41, 5.74) is 2.99. The Morgan fingerprint density at radius 2 is 1.96 bits per heavy atom. The third kappa shape index (κ3) is 4.76. The van der Waals surface area contributed by atoms with Crippen molar-refractivity contribution >= 4 is 11.6 Å². The van der Waals surface area contributed by atoms with Gasteiger partial charge in [0.15, 0.2) is 0 Å². The van der Waals surface area contributed by atoms with Gasteiger partial charge in [-0.15, -0.1) is 0 Å². The lowest BCUT2D eigenvalue weighted by atomic mass is 9.94. The van der Waals surface area contributed by atoms with Crippen LogP contribution in [0.2, 0.25) is 5.02 Å². The number of aliphatic hydroxyl groups is 1. The van der Waals surface area contributed by atoms with Crippen LogP contribution in [0.3, 0.4) is 0 Å². The maximum atomic E-state index is 14.0. The molecule has 2 aromatic rings. The number of rotatable bonds is 6. The van der Waals surface area contributed by atoms with E-state index in [1.165, 1.54) is 0 Å². The highest BCUT2D eigenvalue weighted by molar-refractivity contribution is 6.31. The van der Waals surface area contributed by atoms with E-state index in [1.807, 2.05) is 49.4 Å². The smallest absolute Gasteiger partial charge is 0.119 e. The zero-order chi connectivity index (χ0) is 18.5. The van der Waals surface area contributed by atoms with Crippen LogP contribution in [-0.4, -0.2) is 30.6 Å². The third-order valence-corrected chi connectivity index (χ3v) is 4.99. The molecule has 1 saturated heterocycles. The molecule has 2 aromatic carbocycles. The topological polar surface area (TPSA) is 38.7 Å². The zero-order valence-corrected chi connectivity index (χ0v) is 15.6. The Hall–Kier alpha value is -1.62. The Morgan fingerprint density at radius 1 is 1.19 bits per heavy atom. The van der Waals surface area contributed by atoms with Gasteiger partial charge in [-0.2, -0.15) is 0 Å². The second-order valence-electron chi connectivity index (χ2n) is 6.60. The minimum atomic E-state index is -0.962. The van der Waals surface area contributed by atoms with Crippen LogP contribution in [0.4, 0.5) is 4.39 Å². The molecule has 140 valence electrons. The van der Waals surface area contributed by atoms with Gasteiger partial charge in [0.2, 0.25) is 0 Å². The molecule has 1 aliphatic rings. The van der Waals surface area contributed by atoms with E-state index in [0.717, 1.165) is 22.4 Å². The second kappa shape index (κ2) is 8.85. The summed E-state index contributed by atoms with van der Waals surface area (Å²) in [7, 11) is 0. The van der Waals surface area contributed by atoms with Crippen LogP contribution < -0.4 is 4.74 Å². The molecular formula is C21H24ClFO3. The van der Waals surface area contributed by atoms with Crippen molar-refractivity contribution in [3.63, 3.8) is 0 Å². The Labute approximate surface area is 158 Å². The average molecular weight is 379 g/mol. The van der Waals surface area contributed by atoms with E-state index in [-0.39, 0.29) is 19.1 Å². The van der Waals surface area contributed by atoms with Gasteiger partial charge in [-0.25, -0.2) is 4.39 Å². The van der Waals surface area contributed by atoms with Crippen LogP contribution in [0.5, 0.6) is 5.75 Å². The summed E-state index contributed by atoms with van der Waals surface area (Å²) in [5.74, 6) is 0.843. The molecule has 0 saturated carbocycles.